The molecule has 0 aromatic carbocycles. The van der Waals surface area contributed by atoms with Crippen molar-refractivity contribution in [2.45, 2.75) is 19.5 Å². The number of hydrogen-bond donors (Lipinski definition) is 0. The number of esters is 1. The van der Waals surface area contributed by atoms with E-state index in [1.165, 1.54) is 6.92 Å². The fourth-order valence-corrected chi connectivity index (χ4v) is 0.530. The number of hydrogen-bond acceptors (Lipinski definition) is 4. The van der Waals surface area contributed by atoms with Crippen LogP contribution in [0.1, 0.15) is 13.3 Å². The van der Waals surface area contributed by atoms with Crippen molar-refractivity contribution < 1.29 is 32.3 Å². The summed E-state index contributed by atoms with van der Waals surface area (Å²) < 4.78 is 38.9. The van der Waals surface area contributed by atoms with Crippen molar-refractivity contribution >= 4 is 17.5 Å². The average molecular weight is 212 g/mol. The van der Waals surface area contributed by atoms with Gasteiger partial charge in [0.15, 0.2) is 0 Å². The lowest BCUT2D eigenvalue weighted by Crippen LogP contribution is -2.29. The van der Waals surface area contributed by atoms with E-state index in [1.54, 1.807) is 0 Å². The van der Waals surface area contributed by atoms with Crippen LogP contribution >= 0.6 is 0 Å². The minimum atomic E-state index is -5.10. The molecule has 0 aliphatic rings. The van der Waals surface area contributed by atoms with Gasteiger partial charge in [-0.15, -0.1) is 0 Å². The largest absolute Gasteiger partial charge is 0.460 e. The second-order valence-corrected chi connectivity index (χ2v) is 2.24. The number of ketones is 2. The van der Waals surface area contributed by atoms with E-state index in [2.05, 4.69) is 4.74 Å². The summed E-state index contributed by atoms with van der Waals surface area (Å²) in [6, 6.07) is 0. The fraction of sp³-hybridized carbons (Fsp3) is 0.571. The van der Waals surface area contributed by atoms with Gasteiger partial charge in [0.2, 0.25) is 11.6 Å². The zero-order valence-electron chi connectivity index (χ0n) is 7.18. The predicted octanol–water partition coefficient (Wildman–Crippen LogP) is 0.640. The van der Waals surface area contributed by atoms with Crippen molar-refractivity contribution in [2.24, 2.45) is 0 Å². The Morgan fingerprint density at radius 1 is 1.21 bits per heavy atom. The normalized spacial score (nSPS) is 10.9. The van der Waals surface area contributed by atoms with Gasteiger partial charge in [0.25, 0.3) is 0 Å². The molecule has 0 aliphatic heterocycles. The molecular formula is C7H7F3O4. The lowest BCUT2D eigenvalue weighted by molar-refractivity contribution is -0.173. The molecule has 0 saturated heterocycles. The summed E-state index contributed by atoms with van der Waals surface area (Å²) in [4.78, 5) is 31.3. The standard InChI is InChI=1S/C7H7F3O4/c1-2-14-6(13)4(11)3-5(12)7(8,9)10/h2-3H2,1H3. The highest BCUT2D eigenvalue weighted by atomic mass is 19.4. The van der Waals surface area contributed by atoms with Gasteiger partial charge >= 0.3 is 12.1 Å². The summed E-state index contributed by atoms with van der Waals surface area (Å²) >= 11 is 0. The maximum absolute atomic E-state index is 11.6. The van der Waals surface area contributed by atoms with Crippen LogP contribution < -0.4 is 0 Å². The van der Waals surface area contributed by atoms with E-state index in [0.717, 1.165) is 0 Å². The van der Waals surface area contributed by atoms with E-state index in [0.29, 0.717) is 0 Å². The number of Topliss-reactive ketones (excluding diaryl/α,β-unsaturated/α-hetero) is 2. The zero-order chi connectivity index (χ0) is 11.4. The Kier molecular flexibility index (Phi) is 4.26. The molecule has 0 radical (unpaired) electrons. The number of carbonyl (C=O) groups is 3. The van der Waals surface area contributed by atoms with Gasteiger partial charge < -0.3 is 4.74 Å². The van der Waals surface area contributed by atoms with Crippen LogP contribution in [0.3, 0.4) is 0 Å². The Hall–Kier alpha value is -1.40. The van der Waals surface area contributed by atoms with E-state index in [9.17, 15) is 27.6 Å². The third kappa shape index (κ3) is 4.01. The van der Waals surface area contributed by atoms with Crippen LogP contribution in [0.5, 0.6) is 0 Å². The quantitative estimate of drug-likeness (QED) is 0.389. The van der Waals surface area contributed by atoms with Crippen LogP contribution in [-0.2, 0) is 19.1 Å². The Morgan fingerprint density at radius 2 is 1.71 bits per heavy atom. The molecule has 0 amide bonds. The number of rotatable bonds is 4. The molecule has 0 aliphatic carbocycles. The molecule has 4 nitrogen and oxygen atoms in total. The molecule has 0 bridgehead atoms. The zero-order valence-corrected chi connectivity index (χ0v) is 7.18. The van der Waals surface area contributed by atoms with Crippen molar-refractivity contribution in [3.8, 4) is 0 Å². The molecule has 0 N–H and O–H groups in total. The van der Waals surface area contributed by atoms with Crippen molar-refractivity contribution in [3.05, 3.63) is 0 Å². The van der Waals surface area contributed by atoms with Gasteiger partial charge in [-0.3, -0.25) is 9.59 Å². The summed E-state index contributed by atoms with van der Waals surface area (Å²) in [5.41, 5.74) is 0. The smallest absolute Gasteiger partial charge is 0.450 e. The van der Waals surface area contributed by atoms with Crippen LogP contribution in [-0.4, -0.2) is 30.3 Å². The molecule has 0 fully saturated rings. The molecule has 0 rings (SSSR count). The maximum atomic E-state index is 11.6. The second kappa shape index (κ2) is 4.73. The van der Waals surface area contributed by atoms with Gasteiger partial charge in [0.1, 0.15) is 0 Å². The van der Waals surface area contributed by atoms with Crippen LogP contribution in [0.15, 0.2) is 0 Å². The number of carbonyl (C=O) groups excluding carboxylic acids is 3. The second-order valence-electron chi connectivity index (χ2n) is 2.24. The van der Waals surface area contributed by atoms with Gasteiger partial charge in [-0.25, -0.2) is 4.79 Å². The molecule has 0 unspecified atom stereocenters. The van der Waals surface area contributed by atoms with Crippen LogP contribution in [0.25, 0.3) is 0 Å². The van der Waals surface area contributed by atoms with Crippen LogP contribution in [0, 0.1) is 0 Å². The topological polar surface area (TPSA) is 60.4 Å². The predicted molar refractivity (Wildman–Crippen MR) is 37.3 cm³/mol. The summed E-state index contributed by atoms with van der Waals surface area (Å²) in [5, 5.41) is 0. The first-order valence-electron chi connectivity index (χ1n) is 3.59. The molecule has 0 heterocycles. The van der Waals surface area contributed by atoms with E-state index in [1.807, 2.05) is 0 Å². The molecule has 14 heavy (non-hydrogen) atoms. The first kappa shape index (κ1) is 12.6. The number of halogens is 3. The highest BCUT2D eigenvalue weighted by Gasteiger charge is 2.40. The Morgan fingerprint density at radius 3 is 2.07 bits per heavy atom. The van der Waals surface area contributed by atoms with Crippen LogP contribution in [0.2, 0.25) is 0 Å². The summed E-state index contributed by atoms with van der Waals surface area (Å²) in [6.45, 7) is 1.25. The van der Waals surface area contributed by atoms with E-state index in [-0.39, 0.29) is 6.61 Å². The van der Waals surface area contributed by atoms with Crippen molar-refractivity contribution in [2.75, 3.05) is 6.61 Å². The maximum Gasteiger partial charge on any atom is 0.450 e. The Labute approximate surface area is 77.0 Å². The van der Waals surface area contributed by atoms with Gasteiger partial charge in [0, 0.05) is 0 Å². The van der Waals surface area contributed by atoms with Crippen molar-refractivity contribution in [3.63, 3.8) is 0 Å². The van der Waals surface area contributed by atoms with Crippen molar-refractivity contribution in [1.29, 1.82) is 0 Å². The molecule has 0 spiro atoms. The van der Waals surface area contributed by atoms with Gasteiger partial charge in [-0.2, -0.15) is 13.2 Å². The molecule has 80 valence electrons. The summed E-state index contributed by atoms with van der Waals surface area (Å²) in [5.74, 6) is -5.17. The van der Waals surface area contributed by atoms with Crippen molar-refractivity contribution in [1.82, 2.24) is 0 Å². The minimum Gasteiger partial charge on any atom is -0.460 e. The van der Waals surface area contributed by atoms with E-state index < -0.39 is 30.1 Å². The Balaban J connectivity index is 4.21. The van der Waals surface area contributed by atoms with Gasteiger partial charge in [0.05, 0.1) is 13.0 Å². The first-order valence-corrected chi connectivity index (χ1v) is 3.59. The molecule has 0 atom stereocenters. The van der Waals surface area contributed by atoms with E-state index in [4.69, 9.17) is 0 Å². The third-order valence-corrected chi connectivity index (χ3v) is 1.14. The number of alkyl halides is 3. The highest BCUT2D eigenvalue weighted by Crippen LogP contribution is 2.17. The number of ether oxygens (including phenoxy) is 1. The molecule has 0 saturated carbocycles. The lowest BCUT2D eigenvalue weighted by Gasteiger charge is -2.03. The van der Waals surface area contributed by atoms with Crippen LogP contribution in [0.4, 0.5) is 13.2 Å². The summed E-state index contributed by atoms with van der Waals surface area (Å²) in [7, 11) is 0. The third-order valence-electron chi connectivity index (χ3n) is 1.14. The molecule has 7 heteroatoms. The fourth-order valence-electron chi connectivity index (χ4n) is 0.530. The Bertz CT molecular complexity index is 256. The SMILES string of the molecule is CCOC(=O)C(=O)CC(=O)C(F)(F)F. The molecule has 0 aromatic heterocycles. The molecular weight excluding hydrogens is 205 g/mol. The summed E-state index contributed by atoms with van der Waals surface area (Å²) in [6.07, 6.45) is -6.59. The van der Waals surface area contributed by atoms with Gasteiger partial charge in [-0.1, -0.05) is 0 Å². The lowest BCUT2D eigenvalue weighted by atomic mass is 10.2. The minimum absolute atomic E-state index is 0.134. The van der Waals surface area contributed by atoms with Gasteiger partial charge in [-0.05, 0) is 6.92 Å². The average Bonchev–Trinajstić information content (AvgIpc) is 2.02. The van der Waals surface area contributed by atoms with E-state index >= 15 is 0 Å². The highest BCUT2D eigenvalue weighted by molar-refractivity contribution is 6.37. The first-order chi connectivity index (χ1) is 6.29. The molecule has 0 aromatic rings. The monoisotopic (exact) mass is 212 g/mol.